The molecule has 120 valence electrons. The number of furan rings is 1. The van der Waals surface area contributed by atoms with E-state index in [1.54, 1.807) is 23.1 Å². The van der Waals surface area contributed by atoms with Crippen LogP contribution in [0.3, 0.4) is 0 Å². The van der Waals surface area contributed by atoms with E-state index in [-0.39, 0.29) is 11.7 Å². The molecule has 2 aromatic heterocycles. The molecule has 0 unspecified atom stereocenters. The normalized spacial score (nSPS) is 16.5. The summed E-state index contributed by atoms with van der Waals surface area (Å²) in [5, 5.41) is 22.3. The summed E-state index contributed by atoms with van der Waals surface area (Å²) >= 11 is 1.34. The van der Waals surface area contributed by atoms with E-state index in [0.29, 0.717) is 22.5 Å². The fourth-order valence-electron chi connectivity index (χ4n) is 2.49. The Morgan fingerprint density at radius 2 is 2.04 bits per heavy atom. The summed E-state index contributed by atoms with van der Waals surface area (Å²) in [5.41, 5.74) is 1.56. The molecule has 0 aliphatic carbocycles. The number of carbonyl (C=O) groups is 1. The Labute approximate surface area is 141 Å². The van der Waals surface area contributed by atoms with Crippen molar-refractivity contribution in [2.24, 2.45) is 5.10 Å². The van der Waals surface area contributed by atoms with Crippen molar-refractivity contribution in [3.63, 3.8) is 0 Å². The van der Waals surface area contributed by atoms with Crippen molar-refractivity contribution < 1.29 is 14.3 Å². The molecule has 1 atom stereocenters. The summed E-state index contributed by atoms with van der Waals surface area (Å²) in [6.45, 7) is 0. The van der Waals surface area contributed by atoms with Crippen molar-refractivity contribution >= 4 is 23.4 Å². The van der Waals surface area contributed by atoms with Gasteiger partial charge < -0.3 is 9.52 Å². The minimum atomic E-state index is -0.879. The number of nitrogens with zero attached hydrogens (tertiary/aromatic N) is 4. The molecule has 0 amide bonds. The molecule has 24 heavy (non-hydrogen) atoms. The molecule has 0 spiro atoms. The lowest BCUT2D eigenvalue weighted by Crippen LogP contribution is -2.27. The lowest BCUT2D eigenvalue weighted by molar-refractivity contribution is -0.136. The number of rotatable bonds is 4. The summed E-state index contributed by atoms with van der Waals surface area (Å²) in [7, 11) is 0. The van der Waals surface area contributed by atoms with Crippen molar-refractivity contribution in [3.05, 3.63) is 54.3 Å². The predicted octanol–water partition coefficient (Wildman–Crippen LogP) is 2.74. The number of fused-ring (bicyclic) bond motifs is 1. The Morgan fingerprint density at radius 1 is 1.21 bits per heavy atom. The maximum atomic E-state index is 11.2. The van der Waals surface area contributed by atoms with Gasteiger partial charge in [-0.25, -0.2) is 0 Å². The summed E-state index contributed by atoms with van der Waals surface area (Å²) in [6.07, 6.45) is 1.52. The second-order valence-electron chi connectivity index (χ2n) is 5.15. The van der Waals surface area contributed by atoms with E-state index in [9.17, 15) is 9.90 Å². The third-order valence-electron chi connectivity index (χ3n) is 3.54. The van der Waals surface area contributed by atoms with Crippen LogP contribution in [0.4, 0.5) is 0 Å². The summed E-state index contributed by atoms with van der Waals surface area (Å²) < 4.78 is 6.98. The molecule has 0 saturated carbocycles. The quantitative estimate of drug-likeness (QED) is 0.785. The van der Waals surface area contributed by atoms with Crippen LogP contribution in [0.15, 0.2) is 63.4 Å². The van der Waals surface area contributed by atoms with Gasteiger partial charge in [0.1, 0.15) is 0 Å². The molecule has 1 N–H and O–H groups in total. The highest BCUT2D eigenvalue weighted by Gasteiger charge is 2.31. The van der Waals surface area contributed by atoms with Gasteiger partial charge in [0, 0.05) is 0 Å². The first kappa shape index (κ1) is 14.7. The Morgan fingerprint density at radius 3 is 2.75 bits per heavy atom. The number of benzene rings is 1. The molecule has 3 heterocycles. The zero-order chi connectivity index (χ0) is 16.5. The predicted molar refractivity (Wildman–Crippen MR) is 88.0 cm³/mol. The highest BCUT2D eigenvalue weighted by molar-refractivity contribution is 8.00. The molecule has 8 heteroatoms. The smallest absolute Gasteiger partial charge is 0.304 e. The standard InChI is InChI=1S/C16H12N4O3S/c21-13(22)9-12-14(10-5-2-1-3-6-10)19-20-15(11-7-4-8-23-11)17-18-16(20)24-12/h1-8,12H,9H2,(H,21,22)/t12-/m1/s1. The van der Waals surface area contributed by atoms with Crippen LogP contribution in [0.2, 0.25) is 0 Å². The molecule has 7 nitrogen and oxygen atoms in total. The number of aromatic nitrogens is 3. The topological polar surface area (TPSA) is 93.5 Å². The lowest BCUT2D eigenvalue weighted by Gasteiger charge is -2.21. The first-order valence-electron chi connectivity index (χ1n) is 7.24. The monoisotopic (exact) mass is 340 g/mol. The highest BCUT2D eigenvalue weighted by atomic mass is 32.2. The van der Waals surface area contributed by atoms with Gasteiger partial charge in [0.15, 0.2) is 5.76 Å². The summed E-state index contributed by atoms with van der Waals surface area (Å²) in [5.74, 6) is 0.169. The molecular formula is C16H12N4O3S. The maximum Gasteiger partial charge on any atom is 0.304 e. The number of hydrogen-bond donors (Lipinski definition) is 1. The van der Waals surface area contributed by atoms with Crippen LogP contribution in [0.25, 0.3) is 11.6 Å². The van der Waals surface area contributed by atoms with E-state index in [1.165, 1.54) is 11.8 Å². The van der Waals surface area contributed by atoms with Gasteiger partial charge in [-0.05, 0) is 17.7 Å². The molecule has 1 aliphatic rings. The zero-order valence-corrected chi connectivity index (χ0v) is 13.2. The average molecular weight is 340 g/mol. The first-order valence-corrected chi connectivity index (χ1v) is 8.12. The Kier molecular flexibility index (Phi) is 3.66. The van der Waals surface area contributed by atoms with Crippen molar-refractivity contribution in [1.82, 2.24) is 14.9 Å². The number of carboxylic acids is 1. The summed E-state index contributed by atoms with van der Waals surface area (Å²) in [6, 6.07) is 13.1. The van der Waals surface area contributed by atoms with Crippen molar-refractivity contribution in [2.45, 2.75) is 16.8 Å². The Bertz CT molecular complexity index is 903. The van der Waals surface area contributed by atoms with E-state index >= 15 is 0 Å². The average Bonchev–Trinajstić information content (AvgIpc) is 3.23. The maximum absolute atomic E-state index is 11.2. The van der Waals surface area contributed by atoms with E-state index < -0.39 is 5.97 Å². The number of aliphatic carboxylic acids is 1. The van der Waals surface area contributed by atoms with Crippen molar-refractivity contribution in [1.29, 1.82) is 0 Å². The molecule has 0 radical (unpaired) electrons. The van der Waals surface area contributed by atoms with E-state index in [2.05, 4.69) is 15.3 Å². The third-order valence-corrected chi connectivity index (χ3v) is 4.68. The molecule has 0 saturated heterocycles. The molecule has 1 aromatic carbocycles. The van der Waals surface area contributed by atoms with E-state index in [1.807, 2.05) is 30.3 Å². The Hall–Kier alpha value is -2.87. The third kappa shape index (κ3) is 2.61. The van der Waals surface area contributed by atoms with E-state index in [0.717, 1.165) is 5.56 Å². The minimum Gasteiger partial charge on any atom is -0.481 e. The van der Waals surface area contributed by atoms with Gasteiger partial charge in [-0.15, -0.1) is 10.2 Å². The second-order valence-corrected chi connectivity index (χ2v) is 6.32. The van der Waals surface area contributed by atoms with Crippen LogP contribution in [-0.2, 0) is 4.79 Å². The minimum absolute atomic E-state index is 0.0403. The molecule has 1 aliphatic heterocycles. The number of carboxylic acid groups (broad SMARTS) is 1. The molecule has 3 aromatic rings. The zero-order valence-electron chi connectivity index (χ0n) is 12.4. The van der Waals surface area contributed by atoms with Gasteiger partial charge >= 0.3 is 5.97 Å². The largest absolute Gasteiger partial charge is 0.481 e. The van der Waals surface area contributed by atoms with Gasteiger partial charge in [-0.1, -0.05) is 42.1 Å². The lowest BCUT2D eigenvalue weighted by atomic mass is 10.1. The van der Waals surface area contributed by atoms with Crippen LogP contribution in [0.1, 0.15) is 12.0 Å². The van der Waals surface area contributed by atoms with Crippen LogP contribution in [0, 0.1) is 0 Å². The van der Waals surface area contributed by atoms with Crippen molar-refractivity contribution in [3.8, 4) is 11.6 Å². The highest BCUT2D eigenvalue weighted by Crippen LogP contribution is 2.34. The number of hydrogen-bond acceptors (Lipinski definition) is 6. The van der Waals surface area contributed by atoms with Gasteiger partial charge in [0.2, 0.25) is 11.0 Å². The molecule has 4 rings (SSSR count). The molecule has 0 fully saturated rings. The second kappa shape index (κ2) is 5.97. The van der Waals surface area contributed by atoms with Crippen LogP contribution >= 0.6 is 11.8 Å². The van der Waals surface area contributed by atoms with E-state index in [4.69, 9.17) is 4.42 Å². The van der Waals surface area contributed by atoms with Crippen LogP contribution < -0.4 is 0 Å². The van der Waals surface area contributed by atoms with Gasteiger partial charge in [0.05, 0.1) is 23.6 Å². The van der Waals surface area contributed by atoms with Gasteiger partial charge in [0.25, 0.3) is 0 Å². The first-order chi connectivity index (χ1) is 11.7. The SMILES string of the molecule is O=C(O)C[C@H]1Sc2nnc(-c3ccco3)n2N=C1c1ccccc1. The number of thioether (sulfide) groups is 1. The van der Waals surface area contributed by atoms with Gasteiger partial charge in [-0.2, -0.15) is 9.78 Å². The molecule has 0 bridgehead atoms. The fourth-order valence-corrected chi connectivity index (χ4v) is 3.58. The van der Waals surface area contributed by atoms with Crippen LogP contribution in [-0.4, -0.2) is 36.9 Å². The summed E-state index contributed by atoms with van der Waals surface area (Å²) in [4.78, 5) is 11.2. The van der Waals surface area contributed by atoms with Crippen LogP contribution in [0.5, 0.6) is 0 Å². The Balaban J connectivity index is 1.83. The molecular weight excluding hydrogens is 328 g/mol. The van der Waals surface area contributed by atoms with Gasteiger partial charge in [-0.3, -0.25) is 4.79 Å². The fraction of sp³-hybridized carbons (Fsp3) is 0.125. The van der Waals surface area contributed by atoms with Crippen molar-refractivity contribution in [2.75, 3.05) is 0 Å².